The molecule has 0 fully saturated rings. The summed E-state index contributed by atoms with van der Waals surface area (Å²) in [5.74, 6) is 0. The summed E-state index contributed by atoms with van der Waals surface area (Å²) in [6.45, 7) is 6.49. The minimum Gasteiger partial charge on any atom is -0.352 e. The van der Waals surface area contributed by atoms with Crippen LogP contribution in [0.5, 0.6) is 0 Å². The summed E-state index contributed by atoms with van der Waals surface area (Å²) in [5.41, 5.74) is 2.80. The molecule has 0 saturated carbocycles. The van der Waals surface area contributed by atoms with Gasteiger partial charge in [-0.3, -0.25) is 4.79 Å². The molecule has 2 aromatic carbocycles. The first-order valence-corrected chi connectivity index (χ1v) is 6.44. The molecule has 0 atom stereocenters. The van der Waals surface area contributed by atoms with Crippen LogP contribution in [-0.2, 0) is 5.41 Å². The summed E-state index contributed by atoms with van der Waals surface area (Å²) in [7, 11) is 0. The summed E-state index contributed by atoms with van der Waals surface area (Å²) in [6, 6.07) is 16.9. The summed E-state index contributed by atoms with van der Waals surface area (Å²) in [5, 5.41) is 3.25. The maximum Gasteiger partial charge on any atom is 0.201 e. The molecule has 0 aliphatic rings. The fourth-order valence-corrected chi connectivity index (χ4v) is 2.03. The van der Waals surface area contributed by atoms with Gasteiger partial charge in [0.15, 0.2) is 0 Å². The van der Waals surface area contributed by atoms with Crippen LogP contribution in [0.25, 0.3) is 0 Å². The van der Waals surface area contributed by atoms with Crippen LogP contribution in [0.2, 0.25) is 0 Å². The van der Waals surface area contributed by atoms with E-state index in [-0.39, 0.29) is 10.8 Å². The summed E-state index contributed by atoms with van der Waals surface area (Å²) in [6.07, 6.45) is 0. The van der Waals surface area contributed by atoms with E-state index in [1.807, 2.05) is 36.4 Å². The molecule has 0 bridgehead atoms. The summed E-state index contributed by atoms with van der Waals surface area (Å²) >= 11 is 0. The predicted octanol–water partition coefficient (Wildman–Crippen LogP) is 4.09. The van der Waals surface area contributed by atoms with Gasteiger partial charge in [0, 0.05) is 5.69 Å². The van der Waals surface area contributed by atoms with Crippen molar-refractivity contribution in [2.24, 2.45) is 0 Å². The van der Waals surface area contributed by atoms with Crippen molar-refractivity contribution < 1.29 is 0 Å². The molecule has 2 heteroatoms. The predicted molar refractivity (Wildman–Crippen MR) is 81.1 cm³/mol. The van der Waals surface area contributed by atoms with E-state index in [1.165, 1.54) is 5.56 Å². The van der Waals surface area contributed by atoms with Crippen molar-refractivity contribution in [1.82, 2.24) is 0 Å². The number of hydrogen-bond acceptors (Lipinski definition) is 2. The van der Waals surface area contributed by atoms with Gasteiger partial charge in [-0.25, -0.2) is 0 Å². The van der Waals surface area contributed by atoms with Crippen LogP contribution in [0.3, 0.4) is 0 Å². The van der Waals surface area contributed by atoms with Crippen LogP contribution in [0, 0.1) is 0 Å². The minimum atomic E-state index is -0.00582. The number of hydrogen-bond donors (Lipinski definition) is 1. The molecule has 0 unspecified atom stereocenters. The lowest BCUT2D eigenvalue weighted by molar-refractivity contribution is 0.592. The summed E-state index contributed by atoms with van der Waals surface area (Å²) in [4.78, 5) is 11.9. The lowest BCUT2D eigenvalue weighted by Gasteiger charge is -2.23. The standard InChI is InChI=1S/C17H19NO/c1-17(2,3)13-9-7-8-10-14(13)18-15-11-5-4-6-12-16(15)19/h4-12H,1-3H3,(H,18,19). The monoisotopic (exact) mass is 253 g/mol. The third-order valence-electron chi connectivity index (χ3n) is 3.00. The molecular formula is C17H19NO. The van der Waals surface area contributed by atoms with E-state index >= 15 is 0 Å². The number of benzene rings is 1. The van der Waals surface area contributed by atoms with E-state index in [4.69, 9.17) is 0 Å². The number of nitrogens with one attached hydrogen (secondary N) is 1. The molecule has 0 radical (unpaired) electrons. The van der Waals surface area contributed by atoms with Crippen molar-refractivity contribution in [1.29, 1.82) is 0 Å². The first-order valence-electron chi connectivity index (χ1n) is 6.44. The normalized spacial score (nSPS) is 11.1. The molecule has 0 spiro atoms. The first kappa shape index (κ1) is 13.3. The molecule has 98 valence electrons. The molecule has 2 nitrogen and oxygen atoms in total. The Kier molecular flexibility index (Phi) is 3.70. The SMILES string of the molecule is CC(C)(C)c1ccccc1Nc1cccccc1=O. The maximum absolute atomic E-state index is 11.9. The zero-order chi connectivity index (χ0) is 13.9. The van der Waals surface area contributed by atoms with Crippen molar-refractivity contribution in [2.75, 3.05) is 5.32 Å². The molecule has 0 aliphatic carbocycles. The minimum absolute atomic E-state index is 0.00582. The van der Waals surface area contributed by atoms with Gasteiger partial charge < -0.3 is 5.32 Å². The average molecular weight is 253 g/mol. The quantitative estimate of drug-likeness (QED) is 0.873. The third kappa shape index (κ3) is 3.22. The molecule has 1 N–H and O–H groups in total. The highest BCUT2D eigenvalue weighted by Gasteiger charge is 2.17. The van der Waals surface area contributed by atoms with Gasteiger partial charge in [0.25, 0.3) is 0 Å². The number of rotatable bonds is 2. The Hall–Kier alpha value is -2.09. The van der Waals surface area contributed by atoms with E-state index in [0.29, 0.717) is 5.69 Å². The van der Waals surface area contributed by atoms with Crippen molar-refractivity contribution >= 4 is 11.4 Å². The van der Waals surface area contributed by atoms with Crippen LogP contribution in [0.1, 0.15) is 26.3 Å². The van der Waals surface area contributed by atoms with Gasteiger partial charge in [-0.15, -0.1) is 0 Å². The second-order valence-electron chi connectivity index (χ2n) is 5.61. The van der Waals surface area contributed by atoms with Crippen LogP contribution < -0.4 is 10.7 Å². The van der Waals surface area contributed by atoms with E-state index in [9.17, 15) is 4.79 Å². The Morgan fingerprint density at radius 1 is 0.789 bits per heavy atom. The van der Waals surface area contributed by atoms with Crippen LogP contribution in [-0.4, -0.2) is 0 Å². The molecular weight excluding hydrogens is 234 g/mol. The maximum atomic E-state index is 11.9. The van der Waals surface area contributed by atoms with E-state index in [2.05, 4.69) is 32.2 Å². The van der Waals surface area contributed by atoms with Crippen molar-refractivity contribution in [3.05, 3.63) is 70.4 Å². The van der Waals surface area contributed by atoms with Gasteiger partial charge in [-0.05, 0) is 29.2 Å². The number of para-hydroxylation sites is 1. The molecule has 0 saturated heterocycles. The van der Waals surface area contributed by atoms with Crippen molar-refractivity contribution in [3.8, 4) is 0 Å². The highest BCUT2D eigenvalue weighted by atomic mass is 16.1. The average Bonchev–Trinajstić information content (AvgIpc) is 2.54. The molecule has 2 aromatic rings. The van der Waals surface area contributed by atoms with Gasteiger partial charge in [0.2, 0.25) is 5.43 Å². The molecule has 0 aliphatic heterocycles. The summed E-state index contributed by atoms with van der Waals surface area (Å²) < 4.78 is 0. The Bertz CT molecular complexity index is 626. The van der Waals surface area contributed by atoms with Crippen LogP contribution in [0.15, 0.2) is 59.4 Å². The van der Waals surface area contributed by atoms with Crippen LogP contribution in [0.4, 0.5) is 11.4 Å². The van der Waals surface area contributed by atoms with Gasteiger partial charge in [-0.1, -0.05) is 57.2 Å². The van der Waals surface area contributed by atoms with Gasteiger partial charge in [0.05, 0.1) is 5.69 Å². The molecule has 0 amide bonds. The van der Waals surface area contributed by atoms with Crippen molar-refractivity contribution in [3.63, 3.8) is 0 Å². The fourth-order valence-electron chi connectivity index (χ4n) is 2.03. The molecule has 2 rings (SSSR count). The Labute approximate surface area is 114 Å². The smallest absolute Gasteiger partial charge is 0.201 e. The van der Waals surface area contributed by atoms with Gasteiger partial charge in [0.1, 0.15) is 0 Å². The van der Waals surface area contributed by atoms with E-state index in [1.54, 1.807) is 12.1 Å². The van der Waals surface area contributed by atoms with Gasteiger partial charge in [-0.2, -0.15) is 0 Å². The Morgan fingerprint density at radius 2 is 1.37 bits per heavy atom. The largest absolute Gasteiger partial charge is 0.352 e. The third-order valence-corrected chi connectivity index (χ3v) is 3.00. The molecule has 0 heterocycles. The number of anilines is 2. The highest BCUT2D eigenvalue weighted by Crippen LogP contribution is 2.30. The lowest BCUT2D eigenvalue weighted by atomic mass is 9.86. The van der Waals surface area contributed by atoms with Crippen molar-refractivity contribution in [2.45, 2.75) is 26.2 Å². The molecule has 0 aromatic heterocycles. The Morgan fingerprint density at radius 3 is 2.11 bits per heavy atom. The second kappa shape index (κ2) is 5.27. The van der Waals surface area contributed by atoms with E-state index in [0.717, 1.165) is 5.69 Å². The lowest BCUT2D eigenvalue weighted by Crippen LogP contribution is -2.14. The van der Waals surface area contributed by atoms with E-state index < -0.39 is 0 Å². The first-order chi connectivity index (χ1) is 8.98. The fraction of sp³-hybridized carbons (Fsp3) is 0.235. The van der Waals surface area contributed by atoms with Gasteiger partial charge >= 0.3 is 0 Å². The Balaban J connectivity index is 2.46. The molecule has 19 heavy (non-hydrogen) atoms. The topological polar surface area (TPSA) is 29.1 Å². The second-order valence-corrected chi connectivity index (χ2v) is 5.61. The zero-order valence-corrected chi connectivity index (χ0v) is 11.6. The highest BCUT2D eigenvalue weighted by molar-refractivity contribution is 5.64. The zero-order valence-electron chi connectivity index (χ0n) is 11.6. The van der Waals surface area contributed by atoms with Crippen LogP contribution >= 0.6 is 0 Å².